The van der Waals surface area contributed by atoms with E-state index in [-0.39, 0.29) is 0 Å². The molecule has 0 bridgehead atoms. The highest BCUT2D eigenvalue weighted by atomic mass is 79.9. The minimum Gasteiger partial charge on any atom is -0.248 e. The van der Waals surface area contributed by atoms with Crippen LogP contribution in [0.15, 0.2) is 16.9 Å². The third-order valence-electron chi connectivity index (χ3n) is 0.817. The highest BCUT2D eigenvalue weighted by molar-refractivity contribution is 9.10. The van der Waals surface area contributed by atoms with E-state index in [2.05, 4.69) is 20.9 Å². The van der Waals surface area contributed by atoms with Crippen molar-refractivity contribution < 1.29 is 0 Å². The molecule has 0 atom stereocenters. The molecule has 0 aromatic carbocycles. The van der Waals surface area contributed by atoms with E-state index in [4.69, 9.17) is 19.4 Å². The maximum atomic E-state index is 5.62. The smallest absolute Gasteiger partial charge is 0.124 e. The number of rotatable bonds is 0. The summed E-state index contributed by atoms with van der Waals surface area (Å²) in [5.74, 6) is 0. The molecule has 9 heavy (non-hydrogen) atoms. The van der Waals surface area contributed by atoms with Crippen LogP contribution in [0.5, 0.6) is 0 Å². The summed E-state index contributed by atoms with van der Waals surface area (Å²) in [7, 11) is 5.36. The summed E-state index contributed by atoms with van der Waals surface area (Å²) in [5.41, 5.74) is 0.572. The van der Waals surface area contributed by atoms with E-state index in [1.54, 1.807) is 6.07 Å². The molecule has 2 radical (unpaired) electrons. The molecule has 0 aliphatic rings. The summed E-state index contributed by atoms with van der Waals surface area (Å²) in [4.78, 5) is 3.84. The Kier molecular flexibility index (Phi) is 2.14. The van der Waals surface area contributed by atoms with E-state index < -0.39 is 0 Å². The predicted molar refractivity (Wildman–Crippen MR) is 42.3 cm³/mol. The maximum absolute atomic E-state index is 5.62. The van der Waals surface area contributed by atoms with Crippen molar-refractivity contribution in [1.82, 2.24) is 4.98 Å². The third kappa shape index (κ3) is 1.70. The average Bonchev–Trinajstić information content (AvgIpc) is 1.80. The topological polar surface area (TPSA) is 12.9 Å². The van der Waals surface area contributed by atoms with Gasteiger partial charge in [0.2, 0.25) is 0 Å². The van der Waals surface area contributed by atoms with Gasteiger partial charge in [-0.3, -0.25) is 0 Å². The van der Waals surface area contributed by atoms with E-state index in [1.165, 1.54) is 6.20 Å². The van der Waals surface area contributed by atoms with Crippen molar-refractivity contribution >= 4 is 40.8 Å². The zero-order valence-corrected chi connectivity index (χ0v) is 6.78. The first-order chi connectivity index (χ1) is 4.20. The van der Waals surface area contributed by atoms with Gasteiger partial charge in [-0.1, -0.05) is 17.1 Å². The standard InChI is InChI=1S/C5H2BBrClN/c6-3-1-4(8)5(7)9-2-3/h1-2H. The lowest BCUT2D eigenvalue weighted by molar-refractivity contribution is 1.30. The van der Waals surface area contributed by atoms with Crippen molar-refractivity contribution in [2.45, 2.75) is 0 Å². The summed E-state index contributed by atoms with van der Waals surface area (Å²) in [6, 6.07) is 1.64. The van der Waals surface area contributed by atoms with Crippen molar-refractivity contribution in [2.75, 3.05) is 0 Å². The van der Waals surface area contributed by atoms with Gasteiger partial charge in [-0.05, 0) is 22.0 Å². The minimum absolute atomic E-state index is 0.537. The lowest BCUT2D eigenvalue weighted by Gasteiger charge is -1.94. The Bertz CT molecular complexity index is 228. The zero-order chi connectivity index (χ0) is 6.85. The second-order valence-electron chi connectivity index (χ2n) is 1.54. The molecule has 0 spiro atoms. The number of nitrogens with zero attached hydrogens (tertiary/aromatic N) is 1. The van der Waals surface area contributed by atoms with E-state index >= 15 is 0 Å². The van der Waals surface area contributed by atoms with Crippen LogP contribution in [0.4, 0.5) is 0 Å². The molecular formula is C5H2BBrClN. The van der Waals surface area contributed by atoms with Crippen LogP contribution in [0, 0.1) is 0 Å². The van der Waals surface area contributed by atoms with Crippen molar-refractivity contribution in [3.05, 3.63) is 21.9 Å². The molecule has 0 fully saturated rings. The molecule has 0 amide bonds. The van der Waals surface area contributed by atoms with Gasteiger partial charge in [0.15, 0.2) is 0 Å². The molecule has 1 rings (SSSR count). The Hall–Kier alpha value is -0.0151. The molecule has 0 saturated carbocycles. The Morgan fingerprint density at radius 2 is 2.33 bits per heavy atom. The molecule has 0 aliphatic carbocycles. The Labute approximate surface area is 68.0 Å². The van der Waals surface area contributed by atoms with Crippen LogP contribution in [-0.2, 0) is 0 Å². The number of halogens is 2. The summed E-state index contributed by atoms with van der Waals surface area (Å²) < 4.78 is 0.623. The molecule has 0 saturated heterocycles. The Balaban J connectivity index is 3.17. The van der Waals surface area contributed by atoms with Crippen molar-refractivity contribution in [2.24, 2.45) is 0 Å². The van der Waals surface area contributed by atoms with Gasteiger partial charge in [0.05, 0.1) is 5.02 Å². The molecule has 1 heterocycles. The quantitative estimate of drug-likeness (QED) is 0.456. The second-order valence-corrected chi connectivity index (χ2v) is 2.70. The SMILES string of the molecule is [B]c1cnc(Br)c(Cl)c1. The van der Waals surface area contributed by atoms with E-state index in [0.717, 1.165) is 0 Å². The lowest BCUT2D eigenvalue weighted by atomic mass is 9.99. The average molecular weight is 202 g/mol. The van der Waals surface area contributed by atoms with Crippen molar-refractivity contribution in [3.8, 4) is 0 Å². The van der Waals surface area contributed by atoms with Gasteiger partial charge in [0.25, 0.3) is 0 Å². The Morgan fingerprint density at radius 3 is 2.78 bits per heavy atom. The van der Waals surface area contributed by atoms with Crippen LogP contribution in [-0.4, -0.2) is 12.8 Å². The first kappa shape index (κ1) is 7.10. The van der Waals surface area contributed by atoms with Crippen LogP contribution < -0.4 is 5.46 Å². The monoisotopic (exact) mass is 201 g/mol. The molecule has 0 aliphatic heterocycles. The normalized spacial score (nSPS) is 9.56. The van der Waals surface area contributed by atoms with Gasteiger partial charge in [-0.25, -0.2) is 4.98 Å². The first-order valence-electron chi connectivity index (χ1n) is 2.26. The van der Waals surface area contributed by atoms with Crippen LogP contribution in [0.1, 0.15) is 0 Å². The molecule has 1 aromatic heterocycles. The fourth-order valence-corrected chi connectivity index (χ4v) is 0.828. The van der Waals surface area contributed by atoms with Crippen molar-refractivity contribution in [3.63, 3.8) is 0 Å². The van der Waals surface area contributed by atoms with E-state index in [1.807, 2.05) is 0 Å². The molecule has 1 nitrogen and oxygen atoms in total. The largest absolute Gasteiger partial charge is 0.248 e. The number of hydrogen-bond donors (Lipinski definition) is 0. The van der Waals surface area contributed by atoms with E-state index in [9.17, 15) is 0 Å². The molecule has 1 aromatic rings. The highest BCUT2D eigenvalue weighted by Crippen LogP contribution is 2.16. The van der Waals surface area contributed by atoms with Gasteiger partial charge in [0.1, 0.15) is 12.4 Å². The van der Waals surface area contributed by atoms with Gasteiger partial charge in [-0.15, -0.1) is 0 Å². The van der Waals surface area contributed by atoms with Crippen LogP contribution in [0.25, 0.3) is 0 Å². The fraction of sp³-hybridized carbons (Fsp3) is 0. The number of pyridine rings is 1. The van der Waals surface area contributed by atoms with Gasteiger partial charge in [-0.2, -0.15) is 0 Å². The minimum atomic E-state index is 0.537. The van der Waals surface area contributed by atoms with Gasteiger partial charge >= 0.3 is 0 Å². The molecule has 44 valence electrons. The summed E-state index contributed by atoms with van der Waals surface area (Å²) in [6.07, 6.45) is 1.54. The third-order valence-corrected chi connectivity index (χ3v) is 1.97. The highest BCUT2D eigenvalue weighted by Gasteiger charge is 1.94. The maximum Gasteiger partial charge on any atom is 0.124 e. The first-order valence-corrected chi connectivity index (χ1v) is 3.44. The number of aromatic nitrogens is 1. The van der Waals surface area contributed by atoms with Crippen LogP contribution in [0.3, 0.4) is 0 Å². The van der Waals surface area contributed by atoms with Crippen molar-refractivity contribution in [1.29, 1.82) is 0 Å². The Morgan fingerprint density at radius 1 is 1.67 bits per heavy atom. The summed E-state index contributed by atoms with van der Waals surface area (Å²) >= 11 is 8.76. The molecule has 0 N–H and O–H groups in total. The predicted octanol–water partition coefficient (Wildman–Crippen LogP) is 1.29. The molecular weight excluding hydrogens is 200 g/mol. The van der Waals surface area contributed by atoms with Crippen LogP contribution >= 0.6 is 27.5 Å². The van der Waals surface area contributed by atoms with Crippen LogP contribution in [0.2, 0.25) is 5.02 Å². The zero-order valence-electron chi connectivity index (χ0n) is 4.44. The summed E-state index contributed by atoms with van der Waals surface area (Å²) in [6.45, 7) is 0. The summed E-state index contributed by atoms with van der Waals surface area (Å²) in [5, 5.41) is 0.537. The van der Waals surface area contributed by atoms with Gasteiger partial charge in [0, 0.05) is 6.20 Å². The van der Waals surface area contributed by atoms with Gasteiger partial charge < -0.3 is 0 Å². The lowest BCUT2D eigenvalue weighted by Crippen LogP contribution is -2.01. The number of hydrogen-bond acceptors (Lipinski definition) is 1. The molecule has 4 heteroatoms. The second kappa shape index (κ2) is 2.71. The molecule has 0 unspecified atom stereocenters. The van der Waals surface area contributed by atoms with E-state index in [0.29, 0.717) is 15.1 Å². The fourth-order valence-electron chi connectivity index (χ4n) is 0.436.